The van der Waals surface area contributed by atoms with Crippen molar-refractivity contribution in [3.8, 4) is 11.3 Å². The highest BCUT2D eigenvalue weighted by Crippen LogP contribution is 2.25. The second kappa shape index (κ2) is 4.41. The molecule has 0 N–H and O–H groups in total. The molecule has 0 unspecified atom stereocenters. The van der Waals surface area contributed by atoms with Gasteiger partial charge in [-0.2, -0.15) is 0 Å². The molecular weight excluding hydrogens is 218 g/mol. The number of aryl methyl sites for hydroxylation is 2. The molecule has 4 nitrogen and oxygen atoms in total. The number of nitrogens with zero attached hydrogens (tertiary/aromatic N) is 1. The van der Waals surface area contributed by atoms with Gasteiger partial charge in [0, 0.05) is 5.56 Å². The molecular formula is C13H13NO3. The van der Waals surface area contributed by atoms with Crippen molar-refractivity contribution in [3.63, 3.8) is 0 Å². The third-order valence-electron chi connectivity index (χ3n) is 2.58. The van der Waals surface area contributed by atoms with E-state index in [0.29, 0.717) is 17.0 Å². The Hall–Kier alpha value is -2.10. The highest BCUT2D eigenvalue weighted by Gasteiger charge is 2.21. The molecule has 88 valence electrons. The number of carbonyl (C=O) groups is 1. The Morgan fingerprint density at radius 1 is 1.24 bits per heavy atom. The number of rotatable bonds is 2. The highest BCUT2D eigenvalue weighted by atomic mass is 16.5. The van der Waals surface area contributed by atoms with E-state index >= 15 is 0 Å². The quantitative estimate of drug-likeness (QED) is 0.746. The van der Waals surface area contributed by atoms with Crippen LogP contribution in [0.2, 0.25) is 0 Å². The normalized spacial score (nSPS) is 10.3. The van der Waals surface area contributed by atoms with Gasteiger partial charge in [-0.25, -0.2) is 4.79 Å². The number of methoxy groups -OCH3 is 1. The maximum atomic E-state index is 11.6. The standard InChI is InChI=1S/C13H13NO3/c1-8-4-6-10(7-5-8)12-11(13(15)16-3)9(2)17-14-12/h4-7H,1-3H3. The lowest BCUT2D eigenvalue weighted by molar-refractivity contribution is 0.0599. The van der Waals surface area contributed by atoms with Gasteiger partial charge in [0.05, 0.1) is 7.11 Å². The Bertz CT molecular complexity index is 540. The lowest BCUT2D eigenvalue weighted by atomic mass is 10.1. The number of aromatic nitrogens is 1. The number of benzene rings is 1. The zero-order valence-electron chi connectivity index (χ0n) is 9.98. The molecule has 0 aliphatic rings. The third-order valence-corrected chi connectivity index (χ3v) is 2.58. The molecule has 0 saturated carbocycles. The zero-order valence-corrected chi connectivity index (χ0v) is 9.98. The number of hydrogen-bond acceptors (Lipinski definition) is 4. The molecule has 0 aliphatic heterocycles. The second-order valence-corrected chi connectivity index (χ2v) is 3.82. The van der Waals surface area contributed by atoms with E-state index in [0.717, 1.165) is 11.1 Å². The fourth-order valence-electron chi connectivity index (χ4n) is 1.62. The highest BCUT2D eigenvalue weighted by molar-refractivity contribution is 5.96. The lowest BCUT2D eigenvalue weighted by Crippen LogP contribution is -2.03. The van der Waals surface area contributed by atoms with Crippen LogP contribution in [0, 0.1) is 13.8 Å². The molecule has 1 aromatic carbocycles. The molecule has 0 atom stereocenters. The fourth-order valence-corrected chi connectivity index (χ4v) is 1.62. The Morgan fingerprint density at radius 2 is 1.88 bits per heavy atom. The van der Waals surface area contributed by atoms with E-state index in [2.05, 4.69) is 5.16 Å². The van der Waals surface area contributed by atoms with Crippen molar-refractivity contribution in [1.29, 1.82) is 0 Å². The summed E-state index contributed by atoms with van der Waals surface area (Å²) in [4.78, 5) is 11.6. The van der Waals surface area contributed by atoms with Crippen LogP contribution in [0.3, 0.4) is 0 Å². The van der Waals surface area contributed by atoms with Crippen LogP contribution in [0.1, 0.15) is 21.7 Å². The van der Waals surface area contributed by atoms with Crippen molar-refractivity contribution in [1.82, 2.24) is 5.16 Å². The minimum Gasteiger partial charge on any atom is -0.465 e. The molecule has 0 aliphatic carbocycles. The van der Waals surface area contributed by atoms with Gasteiger partial charge in [0.15, 0.2) is 0 Å². The topological polar surface area (TPSA) is 52.3 Å². The van der Waals surface area contributed by atoms with Gasteiger partial charge in [-0.3, -0.25) is 0 Å². The van der Waals surface area contributed by atoms with Gasteiger partial charge in [0.1, 0.15) is 17.0 Å². The van der Waals surface area contributed by atoms with Gasteiger partial charge in [0.2, 0.25) is 0 Å². The summed E-state index contributed by atoms with van der Waals surface area (Å²) >= 11 is 0. The lowest BCUT2D eigenvalue weighted by Gasteiger charge is -2.01. The molecule has 2 aromatic rings. The van der Waals surface area contributed by atoms with Crippen LogP contribution in [0.15, 0.2) is 28.8 Å². The van der Waals surface area contributed by atoms with Crippen LogP contribution in [0.25, 0.3) is 11.3 Å². The maximum absolute atomic E-state index is 11.6. The first-order chi connectivity index (χ1) is 8.13. The summed E-state index contributed by atoms with van der Waals surface area (Å²) in [6.07, 6.45) is 0. The maximum Gasteiger partial charge on any atom is 0.343 e. The Kier molecular flexibility index (Phi) is 2.95. The van der Waals surface area contributed by atoms with E-state index in [-0.39, 0.29) is 0 Å². The van der Waals surface area contributed by atoms with E-state index in [1.165, 1.54) is 7.11 Å². The van der Waals surface area contributed by atoms with E-state index in [9.17, 15) is 4.79 Å². The Balaban J connectivity index is 2.52. The minimum absolute atomic E-state index is 0.386. The summed E-state index contributed by atoms with van der Waals surface area (Å²) in [5, 5.41) is 3.91. The van der Waals surface area contributed by atoms with Crippen LogP contribution >= 0.6 is 0 Å². The molecule has 0 bridgehead atoms. The summed E-state index contributed by atoms with van der Waals surface area (Å²) < 4.78 is 9.77. The zero-order chi connectivity index (χ0) is 12.4. The fraction of sp³-hybridized carbons (Fsp3) is 0.231. The first kappa shape index (κ1) is 11.4. The molecule has 0 saturated heterocycles. The van der Waals surface area contributed by atoms with Crippen molar-refractivity contribution in [2.45, 2.75) is 13.8 Å². The molecule has 1 heterocycles. The van der Waals surface area contributed by atoms with Gasteiger partial charge in [-0.05, 0) is 13.8 Å². The van der Waals surface area contributed by atoms with Gasteiger partial charge < -0.3 is 9.26 Å². The van der Waals surface area contributed by atoms with Gasteiger partial charge >= 0.3 is 5.97 Å². The first-order valence-electron chi connectivity index (χ1n) is 5.25. The molecule has 0 amide bonds. The van der Waals surface area contributed by atoms with E-state index in [1.807, 2.05) is 31.2 Å². The SMILES string of the molecule is COC(=O)c1c(-c2ccc(C)cc2)noc1C. The monoisotopic (exact) mass is 231 g/mol. The van der Waals surface area contributed by atoms with E-state index < -0.39 is 5.97 Å². The van der Waals surface area contributed by atoms with E-state index in [1.54, 1.807) is 6.92 Å². The Labute approximate surface area is 99.2 Å². The minimum atomic E-state index is -0.431. The smallest absolute Gasteiger partial charge is 0.343 e. The first-order valence-corrected chi connectivity index (χ1v) is 5.25. The van der Waals surface area contributed by atoms with Crippen LogP contribution in [-0.4, -0.2) is 18.2 Å². The molecule has 1 aromatic heterocycles. The van der Waals surface area contributed by atoms with E-state index in [4.69, 9.17) is 9.26 Å². The molecule has 4 heteroatoms. The predicted octanol–water partition coefficient (Wildman–Crippen LogP) is 2.75. The van der Waals surface area contributed by atoms with Gasteiger partial charge in [-0.15, -0.1) is 0 Å². The third kappa shape index (κ3) is 2.06. The number of esters is 1. The largest absolute Gasteiger partial charge is 0.465 e. The predicted molar refractivity (Wildman–Crippen MR) is 62.8 cm³/mol. The van der Waals surface area contributed by atoms with Crippen molar-refractivity contribution >= 4 is 5.97 Å². The second-order valence-electron chi connectivity index (χ2n) is 3.82. The van der Waals surface area contributed by atoms with Crippen LogP contribution in [0.5, 0.6) is 0 Å². The Morgan fingerprint density at radius 3 is 2.47 bits per heavy atom. The summed E-state index contributed by atoms with van der Waals surface area (Å²) in [7, 11) is 1.34. The van der Waals surface area contributed by atoms with Crippen molar-refractivity contribution in [2.75, 3.05) is 7.11 Å². The molecule has 17 heavy (non-hydrogen) atoms. The summed E-state index contributed by atoms with van der Waals surface area (Å²) in [6.45, 7) is 3.69. The summed E-state index contributed by atoms with van der Waals surface area (Å²) in [6, 6.07) is 7.72. The molecule has 0 fully saturated rings. The summed E-state index contributed by atoms with van der Waals surface area (Å²) in [5.41, 5.74) is 2.90. The van der Waals surface area contributed by atoms with Crippen molar-refractivity contribution in [2.24, 2.45) is 0 Å². The van der Waals surface area contributed by atoms with Gasteiger partial charge in [0.25, 0.3) is 0 Å². The molecule has 0 radical (unpaired) electrons. The average molecular weight is 231 g/mol. The molecule has 0 spiro atoms. The van der Waals surface area contributed by atoms with Crippen molar-refractivity contribution < 1.29 is 14.1 Å². The van der Waals surface area contributed by atoms with Crippen LogP contribution in [-0.2, 0) is 4.74 Å². The average Bonchev–Trinajstić information content (AvgIpc) is 2.71. The number of hydrogen-bond donors (Lipinski definition) is 0. The van der Waals surface area contributed by atoms with Gasteiger partial charge in [-0.1, -0.05) is 35.0 Å². The number of carbonyl (C=O) groups excluding carboxylic acids is 1. The van der Waals surface area contributed by atoms with Crippen LogP contribution in [0.4, 0.5) is 0 Å². The van der Waals surface area contributed by atoms with Crippen molar-refractivity contribution in [3.05, 3.63) is 41.2 Å². The van der Waals surface area contributed by atoms with Crippen LogP contribution < -0.4 is 0 Å². The summed E-state index contributed by atoms with van der Waals surface area (Å²) in [5.74, 6) is 0.0340. The molecule has 2 rings (SSSR count). The number of ether oxygens (including phenoxy) is 1.